The van der Waals surface area contributed by atoms with Crippen molar-refractivity contribution in [2.24, 2.45) is 0 Å². The van der Waals surface area contributed by atoms with Gasteiger partial charge in [-0.05, 0) is 24.3 Å². The van der Waals surface area contributed by atoms with Crippen molar-refractivity contribution in [1.82, 2.24) is 5.32 Å². The minimum Gasteiger partial charge on any atom is -0.493 e. The third kappa shape index (κ3) is 2.74. The maximum atomic E-state index is 11.7. The van der Waals surface area contributed by atoms with Gasteiger partial charge in [0.2, 0.25) is 5.91 Å². The van der Waals surface area contributed by atoms with Gasteiger partial charge in [0.15, 0.2) is 0 Å². The Bertz CT molecular complexity index is 616. The summed E-state index contributed by atoms with van der Waals surface area (Å²) in [4.78, 5) is 11.7. The lowest BCUT2D eigenvalue weighted by molar-refractivity contribution is -0.116. The topological polar surface area (TPSA) is 51.5 Å². The van der Waals surface area contributed by atoms with Crippen LogP contribution >= 0.6 is 0 Å². The van der Waals surface area contributed by atoms with Crippen molar-refractivity contribution in [2.75, 3.05) is 13.2 Å². The molecule has 1 aliphatic heterocycles. The summed E-state index contributed by atoms with van der Waals surface area (Å²) < 4.78 is 10.7. The number of nitrogens with one attached hydrogen (secondary N) is 1. The van der Waals surface area contributed by atoms with Crippen molar-refractivity contribution in [3.8, 4) is 5.75 Å². The van der Waals surface area contributed by atoms with Crippen molar-refractivity contribution < 1.29 is 13.9 Å². The molecule has 0 fully saturated rings. The number of furan rings is 1. The summed E-state index contributed by atoms with van der Waals surface area (Å²) in [6, 6.07) is 11.5. The molecule has 1 atom stereocenters. The number of amides is 1. The highest BCUT2D eigenvalue weighted by Gasteiger charge is 2.23. The molecule has 2 aromatic rings. The maximum absolute atomic E-state index is 11.7. The molecule has 2 heterocycles. The molecule has 0 saturated heterocycles. The number of rotatable bonds is 4. The minimum absolute atomic E-state index is 0.134. The average molecular weight is 269 g/mol. The lowest BCUT2D eigenvalue weighted by Gasteiger charge is -2.08. The van der Waals surface area contributed by atoms with Crippen LogP contribution in [0.25, 0.3) is 6.08 Å². The average Bonchev–Trinajstić information content (AvgIpc) is 3.12. The molecule has 0 saturated carbocycles. The predicted molar refractivity (Wildman–Crippen MR) is 75.4 cm³/mol. The van der Waals surface area contributed by atoms with E-state index in [1.165, 1.54) is 6.08 Å². The number of ether oxygens (including phenoxy) is 1. The van der Waals surface area contributed by atoms with E-state index in [1.807, 2.05) is 24.3 Å². The second kappa shape index (κ2) is 5.65. The first-order valence-corrected chi connectivity index (χ1v) is 6.54. The van der Waals surface area contributed by atoms with Crippen molar-refractivity contribution in [3.05, 3.63) is 60.1 Å². The Hall–Kier alpha value is -2.49. The van der Waals surface area contributed by atoms with Crippen LogP contribution in [-0.2, 0) is 4.79 Å². The van der Waals surface area contributed by atoms with Crippen LogP contribution < -0.4 is 10.1 Å². The third-order valence-corrected chi connectivity index (χ3v) is 3.26. The fourth-order valence-electron chi connectivity index (χ4n) is 2.22. The molecule has 20 heavy (non-hydrogen) atoms. The van der Waals surface area contributed by atoms with Gasteiger partial charge < -0.3 is 14.5 Å². The number of carbonyl (C=O) groups is 1. The van der Waals surface area contributed by atoms with E-state index in [4.69, 9.17) is 9.15 Å². The Morgan fingerprint density at radius 2 is 2.20 bits per heavy atom. The standard InChI is InChI=1S/C16H15NO3/c18-16(8-7-13-4-3-9-19-13)17-10-12-11-20-15-6-2-1-5-14(12)15/h1-9,12H,10-11H2,(H,17,18)/b8-7+. The van der Waals surface area contributed by atoms with Gasteiger partial charge in [-0.25, -0.2) is 0 Å². The molecule has 0 bridgehead atoms. The fraction of sp³-hybridized carbons (Fsp3) is 0.188. The summed E-state index contributed by atoms with van der Waals surface area (Å²) in [5, 5.41) is 2.88. The minimum atomic E-state index is -0.134. The lowest BCUT2D eigenvalue weighted by Crippen LogP contribution is -2.27. The zero-order chi connectivity index (χ0) is 13.8. The molecule has 1 amide bonds. The largest absolute Gasteiger partial charge is 0.493 e. The van der Waals surface area contributed by atoms with Crippen molar-refractivity contribution in [3.63, 3.8) is 0 Å². The molecular formula is C16H15NO3. The van der Waals surface area contributed by atoms with Crippen LogP contribution in [-0.4, -0.2) is 19.1 Å². The molecule has 3 rings (SSSR count). The van der Waals surface area contributed by atoms with Crippen LogP contribution in [0.5, 0.6) is 5.75 Å². The van der Waals surface area contributed by atoms with Crippen LogP contribution in [0.1, 0.15) is 17.2 Å². The second-order valence-electron chi connectivity index (χ2n) is 4.64. The van der Waals surface area contributed by atoms with Gasteiger partial charge in [0.05, 0.1) is 12.9 Å². The predicted octanol–water partition coefficient (Wildman–Crippen LogP) is 2.59. The van der Waals surface area contributed by atoms with Crippen LogP contribution in [0.4, 0.5) is 0 Å². The Morgan fingerprint density at radius 1 is 1.30 bits per heavy atom. The molecule has 0 aliphatic carbocycles. The van der Waals surface area contributed by atoms with E-state index in [0.717, 1.165) is 11.3 Å². The number of para-hydroxylation sites is 1. The zero-order valence-corrected chi connectivity index (χ0v) is 10.9. The van der Waals surface area contributed by atoms with E-state index < -0.39 is 0 Å². The molecule has 4 nitrogen and oxygen atoms in total. The summed E-state index contributed by atoms with van der Waals surface area (Å²) in [7, 11) is 0. The Morgan fingerprint density at radius 3 is 3.05 bits per heavy atom. The number of carbonyl (C=O) groups excluding carboxylic acids is 1. The van der Waals surface area contributed by atoms with Gasteiger partial charge in [0.1, 0.15) is 11.5 Å². The highest BCUT2D eigenvalue weighted by molar-refractivity contribution is 5.91. The molecule has 0 spiro atoms. The van der Waals surface area contributed by atoms with Crippen molar-refractivity contribution in [1.29, 1.82) is 0 Å². The van der Waals surface area contributed by atoms with Crippen LogP contribution in [0.15, 0.2) is 53.2 Å². The third-order valence-electron chi connectivity index (χ3n) is 3.26. The highest BCUT2D eigenvalue weighted by atomic mass is 16.5. The number of fused-ring (bicyclic) bond motifs is 1. The van der Waals surface area contributed by atoms with Gasteiger partial charge in [-0.2, -0.15) is 0 Å². The molecule has 4 heteroatoms. The maximum Gasteiger partial charge on any atom is 0.244 e. The van der Waals surface area contributed by atoms with Crippen LogP contribution in [0.3, 0.4) is 0 Å². The number of benzene rings is 1. The SMILES string of the molecule is O=C(/C=C/c1ccco1)NCC1COc2ccccc21. The van der Waals surface area contributed by atoms with Gasteiger partial charge in [0.25, 0.3) is 0 Å². The first-order chi connectivity index (χ1) is 9.83. The van der Waals surface area contributed by atoms with E-state index >= 15 is 0 Å². The number of hydrogen-bond donors (Lipinski definition) is 1. The van der Waals surface area contributed by atoms with E-state index in [9.17, 15) is 4.79 Å². The summed E-state index contributed by atoms with van der Waals surface area (Å²) in [5.41, 5.74) is 1.16. The van der Waals surface area contributed by atoms with Crippen molar-refractivity contribution in [2.45, 2.75) is 5.92 Å². The first-order valence-electron chi connectivity index (χ1n) is 6.54. The molecule has 1 aliphatic rings. The monoisotopic (exact) mass is 269 g/mol. The van der Waals surface area contributed by atoms with Gasteiger partial charge >= 0.3 is 0 Å². The Kier molecular flexibility index (Phi) is 3.54. The van der Waals surface area contributed by atoms with Gasteiger partial charge in [0, 0.05) is 24.1 Å². The molecule has 0 radical (unpaired) electrons. The van der Waals surface area contributed by atoms with Crippen LogP contribution in [0, 0.1) is 0 Å². The van der Waals surface area contributed by atoms with Crippen LogP contribution in [0.2, 0.25) is 0 Å². The summed E-state index contributed by atoms with van der Waals surface area (Å²) in [5.74, 6) is 1.66. The highest BCUT2D eigenvalue weighted by Crippen LogP contribution is 2.32. The molecule has 1 aromatic carbocycles. The van der Waals surface area contributed by atoms with E-state index in [1.54, 1.807) is 24.5 Å². The second-order valence-corrected chi connectivity index (χ2v) is 4.64. The molecular weight excluding hydrogens is 254 g/mol. The Balaban J connectivity index is 1.54. The van der Waals surface area contributed by atoms with Gasteiger partial charge in [-0.1, -0.05) is 18.2 Å². The summed E-state index contributed by atoms with van der Waals surface area (Å²) in [6.07, 6.45) is 4.69. The quantitative estimate of drug-likeness (QED) is 0.868. The first kappa shape index (κ1) is 12.5. The van der Waals surface area contributed by atoms with E-state index in [0.29, 0.717) is 18.9 Å². The molecule has 1 N–H and O–H groups in total. The molecule has 102 valence electrons. The number of hydrogen-bond acceptors (Lipinski definition) is 3. The van der Waals surface area contributed by atoms with Gasteiger partial charge in [-0.3, -0.25) is 4.79 Å². The van der Waals surface area contributed by atoms with Gasteiger partial charge in [-0.15, -0.1) is 0 Å². The van der Waals surface area contributed by atoms with E-state index in [2.05, 4.69) is 5.32 Å². The normalized spacial score (nSPS) is 16.9. The summed E-state index contributed by atoms with van der Waals surface area (Å²) >= 11 is 0. The summed E-state index contributed by atoms with van der Waals surface area (Å²) in [6.45, 7) is 1.18. The van der Waals surface area contributed by atoms with Crippen molar-refractivity contribution >= 4 is 12.0 Å². The molecule has 1 aromatic heterocycles. The van der Waals surface area contributed by atoms with E-state index in [-0.39, 0.29) is 11.8 Å². The zero-order valence-electron chi connectivity index (χ0n) is 10.9. The molecule has 1 unspecified atom stereocenters. The fourth-order valence-corrected chi connectivity index (χ4v) is 2.22. The Labute approximate surface area is 117 Å². The lowest BCUT2D eigenvalue weighted by atomic mass is 10.0. The smallest absolute Gasteiger partial charge is 0.244 e.